The second-order valence-electron chi connectivity index (χ2n) is 7.50. The van der Waals surface area contributed by atoms with Gasteiger partial charge in [0.15, 0.2) is 0 Å². The number of unbranched alkanes of at least 4 members (excludes halogenated alkanes) is 6. The molecule has 0 unspecified atom stereocenters. The third-order valence-electron chi connectivity index (χ3n) is 5.03. The molecule has 0 N–H and O–H groups in total. The standard InChI is InChI=1S/C17H20ClN.C9H20.C2H6/c1-2-19(13-12-15-6-4-3-5-7-15)14-16-8-10-17(18)11-9-16;1-3-5-7-9-8-6-4-2;1-2/h3-11H,2,12-14H2,1H3;3-9H2,1-2H3;1-2H3. The molecule has 0 spiro atoms. The van der Waals surface area contributed by atoms with Gasteiger partial charge in [-0.3, -0.25) is 4.90 Å². The van der Waals surface area contributed by atoms with Crippen LogP contribution in [0.4, 0.5) is 0 Å². The number of halogens is 1. The fourth-order valence-electron chi connectivity index (χ4n) is 3.16. The van der Waals surface area contributed by atoms with Crippen LogP contribution in [-0.2, 0) is 13.0 Å². The summed E-state index contributed by atoms with van der Waals surface area (Å²) in [5.41, 5.74) is 2.72. The molecule has 170 valence electrons. The lowest BCUT2D eigenvalue weighted by atomic mass is 10.1. The molecule has 0 aliphatic carbocycles. The molecule has 2 rings (SSSR count). The number of rotatable bonds is 12. The molecule has 2 heteroatoms. The highest BCUT2D eigenvalue weighted by Gasteiger charge is 2.04. The van der Waals surface area contributed by atoms with Crippen molar-refractivity contribution in [1.29, 1.82) is 0 Å². The SMILES string of the molecule is CC.CCCCCCCCC.CCN(CCc1ccccc1)Cc1ccc(Cl)cc1. The maximum atomic E-state index is 5.91. The minimum atomic E-state index is 0.802. The highest BCUT2D eigenvalue weighted by molar-refractivity contribution is 6.30. The Balaban J connectivity index is 0.000000648. The van der Waals surface area contributed by atoms with Crippen LogP contribution in [0.15, 0.2) is 54.6 Å². The highest BCUT2D eigenvalue weighted by Crippen LogP contribution is 2.12. The summed E-state index contributed by atoms with van der Waals surface area (Å²) in [5, 5.41) is 0.802. The van der Waals surface area contributed by atoms with Crippen LogP contribution in [0.2, 0.25) is 5.02 Å². The van der Waals surface area contributed by atoms with E-state index in [0.29, 0.717) is 0 Å². The Kier molecular flexibility index (Phi) is 20.0. The third-order valence-corrected chi connectivity index (χ3v) is 5.29. The molecular formula is C28H46ClN. The molecule has 30 heavy (non-hydrogen) atoms. The van der Waals surface area contributed by atoms with E-state index in [4.69, 9.17) is 11.6 Å². The average molecular weight is 432 g/mol. The van der Waals surface area contributed by atoms with Gasteiger partial charge in [0.2, 0.25) is 0 Å². The molecule has 0 aromatic heterocycles. The second kappa shape index (κ2) is 20.9. The van der Waals surface area contributed by atoms with Gasteiger partial charge in [-0.2, -0.15) is 0 Å². The number of benzene rings is 2. The van der Waals surface area contributed by atoms with Crippen molar-refractivity contribution in [3.8, 4) is 0 Å². The smallest absolute Gasteiger partial charge is 0.0406 e. The van der Waals surface area contributed by atoms with Crippen molar-refractivity contribution in [2.75, 3.05) is 13.1 Å². The number of likely N-dealkylation sites (N-methyl/N-ethyl adjacent to an activating group) is 1. The molecule has 0 bridgehead atoms. The van der Waals surface area contributed by atoms with E-state index in [1.54, 1.807) is 0 Å². The Morgan fingerprint density at radius 2 is 1.20 bits per heavy atom. The molecule has 0 saturated heterocycles. The van der Waals surface area contributed by atoms with Crippen molar-refractivity contribution >= 4 is 11.6 Å². The van der Waals surface area contributed by atoms with Crippen LogP contribution in [0.1, 0.15) is 90.7 Å². The molecule has 1 nitrogen and oxygen atoms in total. The van der Waals surface area contributed by atoms with Crippen LogP contribution in [0.3, 0.4) is 0 Å². The monoisotopic (exact) mass is 431 g/mol. The van der Waals surface area contributed by atoms with Gasteiger partial charge in [-0.05, 0) is 36.2 Å². The Labute approximate surface area is 192 Å². The van der Waals surface area contributed by atoms with Crippen molar-refractivity contribution < 1.29 is 0 Å². The molecule has 0 fully saturated rings. The lowest BCUT2D eigenvalue weighted by Gasteiger charge is -2.20. The van der Waals surface area contributed by atoms with Crippen LogP contribution < -0.4 is 0 Å². The van der Waals surface area contributed by atoms with Crippen molar-refractivity contribution in [3.63, 3.8) is 0 Å². The van der Waals surface area contributed by atoms with Gasteiger partial charge < -0.3 is 0 Å². The summed E-state index contributed by atoms with van der Waals surface area (Å²) in [4.78, 5) is 2.45. The minimum absolute atomic E-state index is 0.802. The fraction of sp³-hybridized carbons (Fsp3) is 0.571. The van der Waals surface area contributed by atoms with E-state index in [9.17, 15) is 0 Å². The topological polar surface area (TPSA) is 3.24 Å². The lowest BCUT2D eigenvalue weighted by Crippen LogP contribution is -2.25. The van der Waals surface area contributed by atoms with Gasteiger partial charge in [0, 0.05) is 18.1 Å². The first-order chi connectivity index (χ1) is 14.7. The van der Waals surface area contributed by atoms with E-state index >= 15 is 0 Å². The summed E-state index contributed by atoms with van der Waals surface area (Å²) in [6.07, 6.45) is 11.1. The fourth-order valence-corrected chi connectivity index (χ4v) is 3.29. The molecule has 0 aliphatic rings. The van der Waals surface area contributed by atoms with E-state index in [1.807, 2.05) is 26.0 Å². The van der Waals surface area contributed by atoms with Crippen molar-refractivity contribution in [1.82, 2.24) is 4.90 Å². The summed E-state index contributed by atoms with van der Waals surface area (Å²) in [7, 11) is 0. The van der Waals surface area contributed by atoms with Gasteiger partial charge in [-0.1, -0.05) is 134 Å². The lowest BCUT2D eigenvalue weighted by molar-refractivity contribution is 0.283. The first kappa shape index (κ1) is 28.7. The Morgan fingerprint density at radius 3 is 1.70 bits per heavy atom. The van der Waals surface area contributed by atoms with Crippen LogP contribution in [0.25, 0.3) is 0 Å². The zero-order valence-electron chi connectivity index (χ0n) is 20.3. The number of hydrogen-bond acceptors (Lipinski definition) is 1. The molecular weight excluding hydrogens is 386 g/mol. The predicted octanol–water partition coefficient (Wildman–Crippen LogP) is 9.19. The van der Waals surface area contributed by atoms with E-state index in [1.165, 1.54) is 56.1 Å². The van der Waals surface area contributed by atoms with Crippen LogP contribution in [0.5, 0.6) is 0 Å². The predicted molar refractivity (Wildman–Crippen MR) is 138 cm³/mol. The van der Waals surface area contributed by atoms with Crippen molar-refractivity contribution in [2.45, 2.75) is 92.5 Å². The van der Waals surface area contributed by atoms with Gasteiger partial charge in [-0.25, -0.2) is 0 Å². The summed E-state index contributed by atoms with van der Waals surface area (Å²) in [6, 6.07) is 18.8. The van der Waals surface area contributed by atoms with E-state index in [2.05, 4.69) is 68.1 Å². The first-order valence-electron chi connectivity index (χ1n) is 12.2. The molecule has 0 atom stereocenters. The van der Waals surface area contributed by atoms with Gasteiger partial charge >= 0.3 is 0 Å². The summed E-state index contributed by atoms with van der Waals surface area (Å²) >= 11 is 5.91. The first-order valence-corrected chi connectivity index (χ1v) is 12.6. The van der Waals surface area contributed by atoms with Crippen molar-refractivity contribution in [2.24, 2.45) is 0 Å². The van der Waals surface area contributed by atoms with Gasteiger partial charge in [-0.15, -0.1) is 0 Å². The summed E-state index contributed by atoms with van der Waals surface area (Å²) in [5.74, 6) is 0. The normalized spacial score (nSPS) is 10.1. The highest BCUT2D eigenvalue weighted by atomic mass is 35.5. The molecule has 0 heterocycles. The van der Waals surface area contributed by atoms with Gasteiger partial charge in [0.25, 0.3) is 0 Å². The van der Waals surface area contributed by atoms with Crippen molar-refractivity contribution in [3.05, 3.63) is 70.7 Å². The van der Waals surface area contributed by atoms with Gasteiger partial charge in [0.1, 0.15) is 0 Å². The molecule has 0 saturated carbocycles. The van der Waals surface area contributed by atoms with Crippen LogP contribution in [-0.4, -0.2) is 18.0 Å². The third kappa shape index (κ3) is 15.5. The van der Waals surface area contributed by atoms with E-state index in [-0.39, 0.29) is 0 Å². The van der Waals surface area contributed by atoms with E-state index in [0.717, 1.165) is 31.1 Å². The molecule has 0 radical (unpaired) electrons. The maximum Gasteiger partial charge on any atom is 0.0406 e. The molecule has 0 amide bonds. The van der Waals surface area contributed by atoms with Crippen LogP contribution >= 0.6 is 11.6 Å². The number of hydrogen-bond donors (Lipinski definition) is 0. The molecule has 0 aliphatic heterocycles. The largest absolute Gasteiger partial charge is 0.299 e. The Bertz CT molecular complexity index is 573. The minimum Gasteiger partial charge on any atom is -0.299 e. The molecule has 2 aromatic carbocycles. The Morgan fingerprint density at radius 1 is 0.667 bits per heavy atom. The van der Waals surface area contributed by atoms with E-state index < -0.39 is 0 Å². The summed E-state index contributed by atoms with van der Waals surface area (Å²) < 4.78 is 0. The Hall–Kier alpha value is -1.31. The second-order valence-corrected chi connectivity index (χ2v) is 7.94. The van der Waals surface area contributed by atoms with Gasteiger partial charge in [0.05, 0.1) is 0 Å². The zero-order valence-corrected chi connectivity index (χ0v) is 21.1. The average Bonchev–Trinajstić information content (AvgIpc) is 2.80. The molecule has 2 aromatic rings. The maximum absolute atomic E-state index is 5.91. The quantitative estimate of drug-likeness (QED) is 0.302. The summed E-state index contributed by atoms with van der Waals surface area (Å²) in [6.45, 7) is 13.9. The zero-order chi connectivity index (χ0) is 22.5. The number of nitrogens with zero attached hydrogens (tertiary/aromatic N) is 1. The van der Waals surface area contributed by atoms with Crippen LogP contribution in [0, 0.1) is 0 Å².